The van der Waals surface area contributed by atoms with Crippen LogP contribution in [0.15, 0.2) is 23.1 Å². The maximum absolute atomic E-state index is 12.6. The van der Waals surface area contributed by atoms with Crippen molar-refractivity contribution in [3.05, 3.63) is 23.8 Å². The Kier molecular flexibility index (Phi) is 4.13. The Bertz CT molecular complexity index is 363. The highest BCUT2D eigenvalue weighted by atomic mass is 32.2. The molecule has 0 amide bonds. The number of nitrogens with two attached hydrogens (primary N) is 1. The minimum atomic E-state index is -4.38. The number of anilines is 1. The van der Waals surface area contributed by atoms with Gasteiger partial charge in [0.15, 0.2) is 0 Å². The molecule has 0 heterocycles. The average Bonchev–Trinajstić information content (AvgIpc) is 2.19. The lowest BCUT2D eigenvalue weighted by molar-refractivity contribution is -0.137. The van der Waals surface area contributed by atoms with Crippen molar-refractivity contribution in [2.24, 2.45) is 0 Å². The van der Waals surface area contributed by atoms with Crippen LogP contribution in [0.5, 0.6) is 0 Å². The molecule has 2 N–H and O–H groups in total. The monoisotopic (exact) mass is 249 g/mol. The lowest BCUT2D eigenvalue weighted by Crippen LogP contribution is -2.09. The van der Waals surface area contributed by atoms with Gasteiger partial charge in [0.05, 0.1) is 5.56 Å². The Balaban J connectivity index is 2.99. The first kappa shape index (κ1) is 13.2. The van der Waals surface area contributed by atoms with E-state index in [-0.39, 0.29) is 5.69 Å². The van der Waals surface area contributed by atoms with Gasteiger partial charge >= 0.3 is 6.18 Å². The van der Waals surface area contributed by atoms with Crippen LogP contribution in [-0.4, -0.2) is 5.25 Å². The number of alkyl halides is 3. The van der Waals surface area contributed by atoms with Crippen molar-refractivity contribution in [1.82, 2.24) is 0 Å². The largest absolute Gasteiger partial charge is 0.418 e. The summed E-state index contributed by atoms with van der Waals surface area (Å²) in [6.45, 7) is 3.98. The third kappa shape index (κ3) is 3.33. The summed E-state index contributed by atoms with van der Waals surface area (Å²) >= 11 is 1.43. The van der Waals surface area contributed by atoms with E-state index in [1.54, 1.807) is 6.07 Å². The molecule has 0 aliphatic carbocycles. The zero-order valence-electron chi connectivity index (χ0n) is 9.14. The topological polar surface area (TPSA) is 26.0 Å². The summed E-state index contributed by atoms with van der Waals surface area (Å²) in [4.78, 5) is 0.607. The molecule has 1 nitrogen and oxygen atoms in total. The van der Waals surface area contributed by atoms with E-state index in [9.17, 15) is 13.2 Å². The number of rotatable bonds is 3. The summed E-state index contributed by atoms with van der Waals surface area (Å²) < 4.78 is 37.7. The first-order valence-corrected chi connectivity index (χ1v) is 5.86. The smallest absolute Gasteiger partial charge is 0.398 e. The lowest BCUT2D eigenvalue weighted by atomic mass is 10.2. The van der Waals surface area contributed by atoms with E-state index in [1.807, 2.05) is 13.8 Å². The highest BCUT2D eigenvalue weighted by molar-refractivity contribution is 7.99. The molecule has 1 rings (SSSR count). The molecule has 0 aliphatic rings. The molecule has 90 valence electrons. The first-order chi connectivity index (χ1) is 7.34. The Morgan fingerprint density at radius 2 is 2.00 bits per heavy atom. The summed E-state index contributed by atoms with van der Waals surface area (Å²) in [7, 11) is 0. The van der Waals surface area contributed by atoms with E-state index in [2.05, 4.69) is 0 Å². The van der Waals surface area contributed by atoms with E-state index in [0.717, 1.165) is 12.5 Å². The van der Waals surface area contributed by atoms with E-state index < -0.39 is 11.7 Å². The molecule has 0 fully saturated rings. The quantitative estimate of drug-likeness (QED) is 0.642. The van der Waals surface area contributed by atoms with Crippen molar-refractivity contribution < 1.29 is 13.2 Å². The molecule has 0 unspecified atom stereocenters. The molecule has 0 aliphatic heterocycles. The molecule has 0 radical (unpaired) electrons. The SMILES string of the molecule is CC[C@@H](C)Sc1ccc(N)c(C(F)(F)F)c1. The van der Waals surface area contributed by atoms with Crippen LogP contribution in [0.3, 0.4) is 0 Å². The van der Waals surface area contributed by atoms with E-state index in [1.165, 1.54) is 17.8 Å². The third-order valence-electron chi connectivity index (χ3n) is 2.24. The van der Waals surface area contributed by atoms with Crippen molar-refractivity contribution in [2.75, 3.05) is 5.73 Å². The van der Waals surface area contributed by atoms with Gasteiger partial charge in [0.1, 0.15) is 0 Å². The van der Waals surface area contributed by atoms with Crippen molar-refractivity contribution in [1.29, 1.82) is 0 Å². The Labute approximate surface area is 97.2 Å². The number of thioether (sulfide) groups is 1. The molecule has 1 atom stereocenters. The first-order valence-electron chi connectivity index (χ1n) is 4.98. The Morgan fingerprint density at radius 1 is 1.38 bits per heavy atom. The molecule has 1 aromatic rings. The fourth-order valence-corrected chi connectivity index (χ4v) is 2.13. The number of halogens is 3. The van der Waals surface area contributed by atoms with Gasteiger partial charge in [0, 0.05) is 15.8 Å². The third-order valence-corrected chi connectivity index (χ3v) is 3.50. The number of hydrogen-bond donors (Lipinski definition) is 1. The predicted octanol–water partition coefficient (Wildman–Crippen LogP) is 4.18. The lowest BCUT2D eigenvalue weighted by Gasteiger charge is -2.13. The van der Waals surface area contributed by atoms with Gasteiger partial charge < -0.3 is 5.73 Å². The normalized spacial score (nSPS) is 13.8. The highest BCUT2D eigenvalue weighted by Crippen LogP contribution is 2.37. The van der Waals surface area contributed by atoms with Gasteiger partial charge in [-0.1, -0.05) is 13.8 Å². The number of hydrogen-bond acceptors (Lipinski definition) is 2. The molecule has 0 spiro atoms. The Hall–Kier alpha value is -0.840. The van der Waals surface area contributed by atoms with Crippen LogP contribution in [0, 0.1) is 0 Å². The summed E-state index contributed by atoms with van der Waals surface area (Å²) in [6, 6.07) is 4.06. The maximum Gasteiger partial charge on any atom is 0.418 e. The fourth-order valence-electron chi connectivity index (χ4n) is 1.17. The van der Waals surface area contributed by atoms with Crippen LogP contribution in [0.2, 0.25) is 0 Å². The number of benzene rings is 1. The summed E-state index contributed by atoms with van der Waals surface area (Å²) in [6.07, 6.45) is -3.47. The molecule has 1 aromatic carbocycles. The van der Waals surface area contributed by atoms with Crippen LogP contribution >= 0.6 is 11.8 Å². The Morgan fingerprint density at radius 3 is 2.50 bits per heavy atom. The number of nitrogen functional groups attached to an aromatic ring is 1. The minimum absolute atomic E-state index is 0.221. The van der Waals surface area contributed by atoms with E-state index in [0.29, 0.717) is 10.1 Å². The molecular weight excluding hydrogens is 235 g/mol. The van der Waals surface area contributed by atoms with Gasteiger partial charge in [0.2, 0.25) is 0 Å². The van der Waals surface area contributed by atoms with Crippen molar-refractivity contribution in [3.8, 4) is 0 Å². The maximum atomic E-state index is 12.6. The zero-order chi connectivity index (χ0) is 12.3. The van der Waals surface area contributed by atoms with Gasteiger partial charge in [-0.25, -0.2) is 0 Å². The van der Waals surface area contributed by atoms with Crippen molar-refractivity contribution in [3.63, 3.8) is 0 Å². The predicted molar refractivity (Wildman–Crippen MR) is 61.5 cm³/mol. The van der Waals surface area contributed by atoms with Crippen LogP contribution in [0.1, 0.15) is 25.8 Å². The van der Waals surface area contributed by atoms with Gasteiger partial charge in [-0.05, 0) is 24.6 Å². The second-order valence-corrected chi connectivity index (χ2v) is 5.10. The van der Waals surface area contributed by atoms with Gasteiger partial charge in [-0.2, -0.15) is 13.2 Å². The highest BCUT2D eigenvalue weighted by Gasteiger charge is 2.33. The summed E-state index contributed by atoms with van der Waals surface area (Å²) in [5.41, 5.74) is 4.34. The van der Waals surface area contributed by atoms with Crippen molar-refractivity contribution in [2.45, 2.75) is 36.6 Å². The molecule has 0 saturated heterocycles. The summed E-state index contributed by atoms with van der Waals surface area (Å²) in [5, 5.41) is 0.296. The van der Waals surface area contributed by atoms with Gasteiger partial charge in [-0.3, -0.25) is 0 Å². The van der Waals surface area contributed by atoms with Crippen LogP contribution in [-0.2, 0) is 6.18 Å². The average molecular weight is 249 g/mol. The molecule has 5 heteroatoms. The van der Waals surface area contributed by atoms with E-state index in [4.69, 9.17) is 5.73 Å². The molecule has 0 saturated carbocycles. The van der Waals surface area contributed by atoms with Gasteiger partial charge in [-0.15, -0.1) is 11.8 Å². The summed E-state index contributed by atoms with van der Waals surface area (Å²) in [5.74, 6) is 0. The van der Waals surface area contributed by atoms with Crippen LogP contribution < -0.4 is 5.73 Å². The zero-order valence-corrected chi connectivity index (χ0v) is 9.95. The van der Waals surface area contributed by atoms with Crippen molar-refractivity contribution >= 4 is 17.4 Å². The second kappa shape index (κ2) is 4.99. The molecule has 0 aromatic heterocycles. The molecule has 0 bridgehead atoms. The molecule has 16 heavy (non-hydrogen) atoms. The second-order valence-electron chi connectivity index (χ2n) is 3.58. The molecular formula is C11H14F3NS. The minimum Gasteiger partial charge on any atom is -0.398 e. The van der Waals surface area contributed by atoms with Gasteiger partial charge in [0.25, 0.3) is 0 Å². The van der Waals surface area contributed by atoms with Crippen LogP contribution in [0.25, 0.3) is 0 Å². The standard InChI is InChI=1S/C11H14F3NS/c1-3-7(2)16-8-4-5-10(15)9(6-8)11(12,13)14/h4-7H,3,15H2,1-2H3/t7-/m1/s1. The van der Waals surface area contributed by atoms with Crippen LogP contribution in [0.4, 0.5) is 18.9 Å². The van der Waals surface area contributed by atoms with E-state index >= 15 is 0 Å². The fraction of sp³-hybridized carbons (Fsp3) is 0.455.